The van der Waals surface area contributed by atoms with Crippen molar-refractivity contribution in [2.45, 2.75) is 267 Å². The fourth-order valence-corrected chi connectivity index (χ4v) is 8.83. The summed E-state index contributed by atoms with van der Waals surface area (Å²) in [6.07, 6.45) is -3.86. The Bertz CT molecular complexity index is 1410. The quantitative estimate of drug-likeness (QED) is 0.0325. The average Bonchev–Trinajstić information content (AvgIpc) is 3.29. The van der Waals surface area contributed by atoms with Gasteiger partial charge in [0.05, 0.1) is 25.4 Å². The third kappa shape index (κ3) is 22.7. The van der Waals surface area contributed by atoms with Crippen LogP contribution in [0.5, 0.6) is 0 Å². The molecule has 3 heterocycles. The van der Waals surface area contributed by atoms with Gasteiger partial charge in [-0.2, -0.15) is 0 Å². The third-order valence-electron chi connectivity index (χ3n) is 13.0. The largest absolute Gasteiger partial charge is 0.479 e. The summed E-state index contributed by atoms with van der Waals surface area (Å²) in [4.78, 5) is 35.0. The van der Waals surface area contributed by atoms with Crippen LogP contribution in [-0.4, -0.2) is 182 Å². The van der Waals surface area contributed by atoms with Crippen LogP contribution in [0.1, 0.15) is 169 Å². The van der Waals surface area contributed by atoms with Crippen LogP contribution in [0, 0.1) is 5.92 Å². The van der Waals surface area contributed by atoms with E-state index in [2.05, 4.69) is 6.92 Å². The minimum Gasteiger partial charge on any atom is -0.479 e. The number of aliphatic carboxylic acids is 1. The molecule has 404 valence electrons. The van der Waals surface area contributed by atoms with Gasteiger partial charge < -0.3 is 83.9 Å². The summed E-state index contributed by atoms with van der Waals surface area (Å²) in [7, 11) is 0. The van der Waals surface area contributed by atoms with Gasteiger partial charge in [-0.05, 0) is 44.4 Å². The van der Waals surface area contributed by atoms with E-state index in [9.17, 15) is 55.2 Å². The molecule has 0 aromatic heterocycles. The smallest absolute Gasteiger partial charge is 0.332 e. The molecule has 3 saturated heterocycles. The van der Waals surface area contributed by atoms with Crippen LogP contribution in [0.15, 0.2) is 0 Å². The predicted molar refractivity (Wildman–Crippen MR) is 247 cm³/mol. The van der Waals surface area contributed by atoms with Gasteiger partial charge in [0, 0.05) is 13.3 Å². The Morgan fingerprint density at radius 2 is 1.14 bits per heavy atom. The van der Waals surface area contributed by atoms with Crippen LogP contribution in [0.2, 0.25) is 0 Å². The molecule has 0 aromatic carbocycles. The Labute approximate surface area is 408 Å². The van der Waals surface area contributed by atoms with E-state index in [-0.39, 0.29) is 25.0 Å². The molecule has 3 fully saturated rings. The Balaban J connectivity index is 1.59. The molecule has 20 heteroatoms. The number of carbonyl (C=O) groups is 3. The molecule has 0 bridgehead atoms. The Morgan fingerprint density at radius 1 is 0.609 bits per heavy atom. The first-order chi connectivity index (χ1) is 32.9. The first kappa shape index (κ1) is 61.2. The Morgan fingerprint density at radius 3 is 1.75 bits per heavy atom. The van der Waals surface area contributed by atoms with E-state index in [1.54, 1.807) is 0 Å². The number of carbonyl (C=O) groups excluding carboxylic acids is 2. The Kier molecular flexibility index (Phi) is 29.7. The lowest BCUT2D eigenvalue weighted by molar-refractivity contribution is -0.380. The number of aliphatic hydroxyl groups excluding tert-OH is 8. The minimum atomic E-state index is -1.90. The average molecular weight is 997 g/mol. The molecule has 3 aliphatic heterocycles. The maximum Gasteiger partial charge on any atom is 0.332 e. The molecular formula is C49H88O20. The van der Waals surface area contributed by atoms with Crippen molar-refractivity contribution in [2.24, 2.45) is 5.92 Å². The summed E-state index contributed by atoms with van der Waals surface area (Å²) in [6, 6.07) is 0. The van der Waals surface area contributed by atoms with E-state index in [1.165, 1.54) is 0 Å². The van der Waals surface area contributed by atoms with Gasteiger partial charge in [-0.1, -0.05) is 117 Å². The summed E-state index contributed by atoms with van der Waals surface area (Å²) in [5.41, 5.74) is 0. The van der Waals surface area contributed by atoms with E-state index in [0.717, 1.165) is 103 Å². The highest BCUT2D eigenvalue weighted by molar-refractivity contribution is 5.71. The summed E-state index contributed by atoms with van der Waals surface area (Å²) < 4.78 is 46.9. The molecule has 69 heavy (non-hydrogen) atoms. The molecule has 0 aromatic rings. The zero-order valence-electron chi connectivity index (χ0n) is 41.5. The number of aliphatic hydroxyl groups is 8. The van der Waals surface area contributed by atoms with Crippen molar-refractivity contribution < 1.29 is 98.2 Å². The van der Waals surface area contributed by atoms with Gasteiger partial charge in [0.25, 0.3) is 0 Å². The normalized spacial score (nSPS) is 31.0. The van der Waals surface area contributed by atoms with Gasteiger partial charge >= 0.3 is 17.9 Å². The van der Waals surface area contributed by atoms with E-state index in [1.807, 2.05) is 13.8 Å². The number of hydrogen-bond donors (Lipinski definition) is 9. The van der Waals surface area contributed by atoms with Crippen molar-refractivity contribution in [3.8, 4) is 0 Å². The summed E-state index contributed by atoms with van der Waals surface area (Å²) >= 11 is 0. The maximum atomic E-state index is 12.3. The highest BCUT2D eigenvalue weighted by atomic mass is 16.8. The van der Waals surface area contributed by atoms with Crippen LogP contribution in [-0.2, 0) is 52.3 Å². The second-order valence-electron chi connectivity index (χ2n) is 19.6. The molecule has 0 spiro atoms. The third-order valence-corrected chi connectivity index (χ3v) is 13.0. The van der Waals surface area contributed by atoms with E-state index in [0.29, 0.717) is 38.5 Å². The number of carboxylic acids is 1. The van der Waals surface area contributed by atoms with Gasteiger partial charge in [0.1, 0.15) is 61.5 Å². The summed E-state index contributed by atoms with van der Waals surface area (Å²) in [6.45, 7) is 5.68. The zero-order valence-corrected chi connectivity index (χ0v) is 41.5. The fourth-order valence-electron chi connectivity index (χ4n) is 8.83. The lowest BCUT2D eigenvalue weighted by Crippen LogP contribution is -2.65. The van der Waals surface area contributed by atoms with Crippen molar-refractivity contribution in [3.05, 3.63) is 0 Å². The number of carboxylic acid groups (broad SMARTS) is 1. The number of esters is 2. The number of hydrogen-bond acceptors (Lipinski definition) is 19. The van der Waals surface area contributed by atoms with Gasteiger partial charge in [-0.15, -0.1) is 0 Å². The van der Waals surface area contributed by atoms with E-state index >= 15 is 0 Å². The van der Waals surface area contributed by atoms with Crippen molar-refractivity contribution >= 4 is 17.9 Å². The number of ether oxygens (including phenoxy) is 8. The summed E-state index contributed by atoms with van der Waals surface area (Å²) in [5.74, 6) is -2.51. The van der Waals surface area contributed by atoms with E-state index < -0.39 is 123 Å². The zero-order chi connectivity index (χ0) is 50.9. The van der Waals surface area contributed by atoms with Crippen LogP contribution in [0.3, 0.4) is 0 Å². The summed E-state index contributed by atoms with van der Waals surface area (Å²) in [5, 5.41) is 95.0. The molecule has 3 rings (SSSR count). The molecule has 16 atom stereocenters. The maximum absolute atomic E-state index is 12.3. The molecule has 0 saturated carbocycles. The molecule has 20 nitrogen and oxygen atoms in total. The molecule has 9 N–H and O–H groups in total. The number of rotatable bonds is 35. The molecule has 0 aliphatic carbocycles. The first-order valence-corrected chi connectivity index (χ1v) is 25.8. The molecule has 0 unspecified atom stereocenters. The number of unbranched alkanes of at least 4 members (excludes halogenated alkanes) is 13. The molecule has 0 amide bonds. The van der Waals surface area contributed by atoms with Crippen LogP contribution >= 0.6 is 0 Å². The monoisotopic (exact) mass is 997 g/mol. The first-order valence-electron chi connectivity index (χ1n) is 25.8. The lowest BCUT2D eigenvalue weighted by Gasteiger charge is -2.46. The molecule has 0 radical (unpaired) electrons. The highest BCUT2D eigenvalue weighted by Crippen LogP contribution is 2.33. The van der Waals surface area contributed by atoms with Crippen LogP contribution in [0.25, 0.3) is 0 Å². The highest BCUT2D eigenvalue weighted by Gasteiger charge is 2.52. The van der Waals surface area contributed by atoms with Gasteiger partial charge in [-0.3, -0.25) is 9.59 Å². The molecular weight excluding hydrogens is 909 g/mol. The second-order valence-corrected chi connectivity index (χ2v) is 19.6. The van der Waals surface area contributed by atoms with Crippen molar-refractivity contribution in [1.29, 1.82) is 0 Å². The van der Waals surface area contributed by atoms with Crippen molar-refractivity contribution in [1.82, 2.24) is 0 Å². The van der Waals surface area contributed by atoms with Crippen LogP contribution < -0.4 is 0 Å². The second kappa shape index (κ2) is 33.6. The van der Waals surface area contributed by atoms with Gasteiger partial charge in [0.2, 0.25) is 0 Å². The lowest BCUT2D eigenvalue weighted by atomic mass is 9.98. The molecule has 3 aliphatic rings. The van der Waals surface area contributed by atoms with E-state index in [4.69, 9.17) is 43.0 Å². The Hall–Kier alpha value is -2.15. The minimum absolute atomic E-state index is 0.0192. The predicted octanol–water partition coefficient (Wildman–Crippen LogP) is 3.28. The SMILES string of the molecule is CCCCCC[C@H](CCC[C@@H](O)CCCCCCCCCCCCC[C@H](O)C(=O)O)O[C@H]1OC[C@H](O)[C@@H](O)[C@@H]1O[C@H]1OC[C@H](OC(C)=O)[C@@H](O)[C@@H]1O[C@H]1O[C@@H](COC(=O)CC(C)C)[C@H](O)[C@@H](O)[C@@H]1O. The van der Waals surface area contributed by atoms with Crippen molar-refractivity contribution in [2.75, 3.05) is 19.8 Å². The van der Waals surface area contributed by atoms with Crippen molar-refractivity contribution in [3.63, 3.8) is 0 Å². The topological polar surface area (TPSA) is 307 Å². The van der Waals surface area contributed by atoms with Gasteiger partial charge in [0.15, 0.2) is 31.1 Å². The fraction of sp³-hybridized carbons (Fsp3) is 0.939. The van der Waals surface area contributed by atoms with Crippen LogP contribution in [0.4, 0.5) is 0 Å². The van der Waals surface area contributed by atoms with Gasteiger partial charge in [-0.25, -0.2) is 4.79 Å². The standard InChI is InChI=1S/C49H88O20/c1-5-6-7-18-23-33(24-20-22-32(51)21-17-15-13-11-9-8-10-12-14-16-19-25-34(52)46(60)61)66-48-44(39(55)35(53)27-63-48)69-49-45(41(57)37(29-64-49)65-31(4)50)68-47-43(59)42(58)40(56)36(67-47)28-62-38(54)26-30(2)3/h30,32-37,39-45,47-49,51-53,55-59H,5-29H2,1-4H3,(H,60,61)/t32-,33+,34-,35-,36-,37-,39+,40-,41+,42+,43-,44-,45-,47+,48+,49+/m0/s1.